The van der Waals surface area contributed by atoms with Crippen LogP contribution >= 0.6 is 0 Å². The number of hydrogen-bond donors (Lipinski definition) is 3. The van der Waals surface area contributed by atoms with Crippen LogP contribution in [0.25, 0.3) is 0 Å². The summed E-state index contributed by atoms with van der Waals surface area (Å²) in [6, 6.07) is 6.90. The fraction of sp³-hybridized carbons (Fsp3) is 0.308. The molecule has 1 aromatic rings. The van der Waals surface area contributed by atoms with Crippen LogP contribution in [-0.2, 0) is 14.3 Å². The van der Waals surface area contributed by atoms with Crippen molar-refractivity contribution < 1.29 is 19.1 Å². The lowest BCUT2D eigenvalue weighted by Gasteiger charge is -2.09. The molecule has 108 valence electrons. The molecule has 3 N–H and O–H groups in total. The van der Waals surface area contributed by atoms with Gasteiger partial charge in [-0.1, -0.05) is 18.2 Å². The summed E-state index contributed by atoms with van der Waals surface area (Å²) in [5.41, 5.74) is 5.41. The Labute approximate surface area is 116 Å². The maximum Gasteiger partial charge on any atom is 0.327 e. The van der Waals surface area contributed by atoms with E-state index >= 15 is 0 Å². The maximum atomic E-state index is 11.8. The number of benzene rings is 1. The number of rotatable bonds is 4. The molecule has 20 heavy (non-hydrogen) atoms. The molecule has 0 unspecified atom stereocenters. The van der Waals surface area contributed by atoms with E-state index in [4.69, 9.17) is 4.74 Å². The second kappa shape index (κ2) is 7.90. The van der Waals surface area contributed by atoms with Crippen molar-refractivity contribution in [1.82, 2.24) is 16.2 Å². The van der Waals surface area contributed by atoms with Crippen LogP contribution in [0.5, 0.6) is 0 Å². The summed E-state index contributed by atoms with van der Waals surface area (Å²) in [7, 11) is 1.48. The molecule has 7 nitrogen and oxygen atoms in total. The lowest BCUT2D eigenvalue weighted by molar-refractivity contribution is -0.139. The summed E-state index contributed by atoms with van der Waals surface area (Å²) in [5.74, 6) is -2.27. The van der Waals surface area contributed by atoms with E-state index in [1.165, 1.54) is 7.11 Å². The summed E-state index contributed by atoms with van der Waals surface area (Å²) in [5, 5.41) is 2.33. The third-order valence-corrected chi connectivity index (χ3v) is 2.48. The molecule has 0 aromatic heterocycles. The first kappa shape index (κ1) is 15.6. The highest BCUT2D eigenvalue weighted by molar-refractivity contribution is 6.35. The molecule has 1 rings (SSSR count). The van der Waals surface area contributed by atoms with Crippen molar-refractivity contribution >= 4 is 17.7 Å². The zero-order valence-electron chi connectivity index (χ0n) is 11.4. The lowest BCUT2D eigenvalue weighted by atomic mass is 10.1. The van der Waals surface area contributed by atoms with Crippen LogP contribution in [0.2, 0.25) is 0 Å². The number of hydrazine groups is 1. The first-order valence-electron chi connectivity index (χ1n) is 5.99. The molecule has 0 fully saturated rings. The number of ether oxygens (including phenoxy) is 1. The Morgan fingerprint density at radius 2 is 1.80 bits per heavy atom. The van der Waals surface area contributed by atoms with Crippen LogP contribution in [0.15, 0.2) is 24.3 Å². The molecule has 0 aliphatic rings. The van der Waals surface area contributed by atoms with Gasteiger partial charge in [-0.05, 0) is 18.6 Å². The summed E-state index contributed by atoms with van der Waals surface area (Å²) >= 11 is 0. The highest BCUT2D eigenvalue weighted by Crippen LogP contribution is 2.05. The second-order valence-corrected chi connectivity index (χ2v) is 3.97. The van der Waals surface area contributed by atoms with Gasteiger partial charge in [-0.15, -0.1) is 0 Å². The van der Waals surface area contributed by atoms with Crippen molar-refractivity contribution in [2.75, 3.05) is 20.3 Å². The standard InChI is InChI=1S/C13H17N3O4/c1-9-5-3-4-6-10(9)11(17)15-16-13(19)12(18)14-7-8-20-2/h3-6H,7-8H2,1-2H3,(H,14,18)(H,15,17)(H,16,19). The first-order chi connectivity index (χ1) is 9.56. The van der Waals surface area contributed by atoms with Gasteiger partial charge < -0.3 is 10.1 Å². The van der Waals surface area contributed by atoms with Crippen LogP contribution in [0.1, 0.15) is 15.9 Å². The average molecular weight is 279 g/mol. The largest absolute Gasteiger partial charge is 0.383 e. The fourth-order valence-corrected chi connectivity index (χ4v) is 1.41. The molecule has 0 heterocycles. The van der Waals surface area contributed by atoms with Crippen molar-refractivity contribution in [1.29, 1.82) is 0 Å². The minimum Gasteiger partial charge on any atom is -0.383 e. The maximum absolute atomic E-state index is 11.8. The van der Waals surface area contributed by atoms with Gasteiger partial charge in [-0.3, -0.25) is 25.2 Å². The van der Waals surface area contributed by atoms with Crippen molar-refractivity contribution in [3.63, 3.8) is 0 Å². The zero-order chi connectivity index (χ0) is 15.0. The molecule has 0 radical (unpaired) electrons. The molecule has 0 saturated heterocycles. The van der Waals surface area contributed by atoms with E-state index in [2.05, 4.69) is 10.7 Å². The highest BCUT2D eigenvalue weighted by atomic mass is 16.5. The molecular weight excluding hydrogens is 262 g/mol. The lowest BCUT2D eigenvalue weighted by Crippen LogP contribution is -2.49. The van der Waals surface area contributed by atoms with Gasteiger partial charge in [-0.2, -0.15) is 0 Å². The number of hydrogen-bond acceptors (Lipinski definition) is 4. The Bertz CT molecular complexity index is 502. The van der Waals surface area contributed by atoms with Gasteiger partial charge in [-0.25, -0.2) is 0 Å². The van der Waals surface area contributed by atoms with E-state index in [1.807, 2.05) is 5.43 Å². The van der Waals surface area contributed by atoms with Gasteiger partial charge in [0.1, 0.15) is 0 Å². The first-order valence-corrected chi connectivity index (χ1v) is 5.99. The van der Waals surface area contributed by atoms with E-state index in [0.717, 1.165) is 5.56 Å². The number of methoxy groups -OCH3 is 1. The van der Waals surface area contributed by atoms with Gasteiger partial charge in [0.05, 0.1) is 6.61 Å². The molecule has 0 aliphatic carbocycles. The number of aryl methyl sites for hydroxylation is 1. The Morgan fingerprint density at radius 3 is 2.45 bits per heavy atom. The normalized spacial score (nSPS) is 9.70. The van der Waals surface area contributed by atoms with Gasteiger partial charge in [0, 0.05) is 19.2 Å². The Hall–Kier alpha value is -2.41. The van der Waals surface area contributed by atoms with Crippen LogP contribution in [0.3, 0.4) is 0 Å². The monoisotopic (exact) mass is 279 g/mol. The van der Waals surface area contributed by atoms with Crippen LogP contribution in [0, 0.1) is 6.92 Å². The highest BCUT2D eigenvalue weighted by Gasteiger charge is 2.14. The molecule has 0 atom stereocenters. The molecular formula is C13H17N3O4. The van der Waals surface area contributed by atoms with Gasteiger partial charge in [0.2, 0.25) is 0 Å². The van der Waals surface area contributed by atoms with Crippen molar-refractivity contribution in [3.05, 3.63) is 35.4 Å². The number of nitrogens with one attached hydrogen (secondary N) is 3. The van der Waals surface area contributed by atoms with E-state index < -0.39 is 17.7 Å². The molecule has 0 saturated carbocycles. The van der Waals surface area contributed by atoms with Crippen LogP contribution in [-0.4, -0.2) is 38.0 Å². The van der Waals surface area contributed by atoms with Gasteiger partial charge in [0.25, 0.3) is 5.91 Å². The van der Waals surface area contributed by atoms with Crippen LogP contribution in [0.4, 0.5) is 0 Å². The molecule has 7 heteroatoms. The summed E-state index contributed by atoms with van der Waals surface area (Å²) in [6.45, 7) is 2.29. The third-order valence-electron chi connectivity index (χ3n) is 2.48. The van der Waals surface area contributed by atoms with Crippen LogP contribution < -0.4 is 16.2 Å². The van der Waals surface area contributed by atoms with Crippen molar-refractivity contribution in [2.24, 2.45) is 0 Å². The molecule has 0 bridgehead atoms. The smallest absolute Gasteiger partial charge is 0.327 e. The minimum atomic E-state index is -0.942. The van der Waals surface area contributed by atoms with Crippen molar-refractivity contribution in [3.8, 4) is 0 Å². The number of carbonyl (C=O) groups is 3. The Balaban J connectivity index is 2.43. The molecule has 0 spiro atoms. The predicted octanol–water partition coefficient (Wildman–Crippen LogP) is -0.481. The quantitative estimate of drug-likeness (QED) is 0.394. The zero-order valence-corrected chi connectivity index (χ0v) is 11.4. The van der Waals surface area contributed by atoms with Gasteiger partial charge in [0.15, 0.2) is 0 Å². The van der Waals surface area contributed by atoms with E-state index in [0.29, 0.717) is 12.2 Å². The number of carbonyl (C=O) groups excluding carboxylic acids is 3. The SMILES string of the molecule is COCCNC(=O)C(=O)NNC(=O)c1ccccc1C. The topological polar surface area (TPSA) is 96.5 Å². The fourth-order valence-electron chi connectivity index (χ4n) is 1.41. The molecule has 1 aromatic carbocycles. The van der Waals surface area contributed by atoms with E-state index in [-0.39, 0.29) is 6.54 Å². The molecule has 3 amide bonds. The van der Waals surface area contributed by atoms with E-state index in [1.54, 1.807) is 31.2 Å². The van der Waals surface area contributed by atoms with E-state index in [9.17, 15) is 14.4 Å². The number of amides is 3. The predicted molar refractivity (Wildman–Crippen MR) is 71.7 cm³/mol. The minimum absolute atomic E-state index is 0.217. The average Bonchev–Trinajstić information content (AvgIpc) is 2.45. The summed E-state index contributed by atoms with van der Waals surface area (Å²) in [6.07, 6.45) is 0. The third kappa shape index (κ3) is 4.69. The Kier molecular flexibility index (Phi) is 6.18. The van der Waals surface area contributed by atoms with Crippen molar-refractivity contribution in [2.45, 2.75) is 6.92 Å². The molecule has 0 aliphatic heterocycles. The Morgan fingerprint density at radius 1 is 1.10 bits per heavy atom. The summed E-state index contributed by atoms with van der Waals surface area (Å²) in [4.78, 5) is 34.5. The van der Waals surface area contributed by atoms with Gasteiger partial charge >= 0.3 is 11.8 Å². The summed E-state index contributed by atoms with van der Waals surface area (Å²) < 4.78 is 4.73. The second-order valence-electron chi connectivity index (χ2n) is 3.97.